The SMILES string of the molecule is CCC(=O)Nc1ccc(Cl)c(NC(=O)CCCO)c1. The molecule has 3 N–H and O–H groups in total. The zero-order chi connectivity index (χ0) is 14.3. The van der Waals surface area contributed by atoms with Crippen molar-refractivity contribution in [3.63, 3.8) is 0 Å². The molecular formula is C13H17ClN2O3. The van der Waals surface area contributed by atoms with E-state index in [0.717, 1.165) is 0 Å². The van der Waals surface area contributed by atoms with Gasteiger partial charge in [-0.3, -0.25) is 9.59 Å². The van der Waals surface area contributed by atoms with Crippen LogP contribution in [0, 0.1) is 0 Å². The van der Waals surface area contributed by atoms with Gasteiger partial charge in [0, 0.05) is 25.1 Å². The Kier molecular flexibility index (Phi) is 6.32. The molecule has 0 bridgehead atoms. The van der Waals surface area contributed by atoms with Crippen LogP contribution in [0.2, 0.25) is 5.02 Å². The van der Waals surface area contributed by atoms with Crippen molar-refractivity contribution in [1.82, 2.24) is 0 Å². The summed E-state index contributed by atoms with van der Waals surface area (Å²) >= 11 is 5.97. The van der Waals surface area contributed by atoms with Crippen molar-refractivity contribution < 1.29 is 14.7 Å². The van der Waals surface area contributed by atoms with Crippen LogP contribution >= 0.6 is 11.6 Å². The summed E-state index contributed by atoms with van der Waals surface area (Å²) in [5.41, 5.74) is 1.02. The first-order valence-electron chi connectivity index (χ1n) is 6.07. The Bertz CT molecular complexity index is 463. The molecule has 6 heteroatoms. The third-order valence-corrected chi connectivity index (χ3v) is 2.74. The largest absolute Gasteiger partial charge is 0.396 e. The van der Waals surface area contributed by atoms with Gasteiger partial charge in [-0.1, -0.05) is 18.5 Å². The second-order valence-corrected chi connectivity index (χ2v) is 4.38. The number of halogens is 1. The van der Waals surface area contributed by atoms with Gasteiger partial charge in [0.25, 0.3) is 0 Å². The highest BCUT2D eigenvalue weighted by molar-refractivity contribution is 6.33. The molecule has 5 nitrogen and oxygen atoms in total. The van der Waals surface area contributed by atoms with Crippen molar-refractivity contribution >= 4 is 34.8 Å². The summed E-state index contributed by atoms with van der Waals surface area (Å²) in [6.45, 7) is 1.72. The van der Waals surface area contributed by atoms with Gasteiger partial charge < -0.3 is 15.7 Å². The molecule has 1 aromatic rings. The zero-order valence-corrected chi connectivity index (χ0v) is 11.5. The number of amides is 2. The van der Waals surface area contributed by atoms with Crippen LogP contribution in [0.1, 0.15) is 26.2 Å². The number of hydrogen-bond donors (Lipinski definition) is 3. The van der Waals surface area contributed by atoms with E-state index in [9.17, 15) is 9.59 Å². The Hall–Kier alpha value is -1.59. The van der Waals surface area contributed by atoms with Crippen LogP contribution in [0.5, 0.6) is 0 Å². The number of hydrogen-bond acceptors (Lipinski definition) is 3. The third-order valence-electron chi connectivity index (χ3n) is 2.41. The summed E-state index contributed by atoms with van der Waals surface area (Å²) < 4.78 is 0. The standard InChI is InChI=1S/C13H17ClN2O3/c1-2-12(18)15-9-5-6-10(14)11(8-9)16-13(19)4-3-7-17/h5-6,8,17H,2-4,7H2,1H3,(H,15,18)(H,16,19). The molecule has 0 unspecified atom stereocenters. The van der Waals surface area contributed by atoms with Crippen LogP contribution < -0.4 is 10.6 Å². The average molecular weight is 285 g/mol. The van der Waals surface area contributed by atoms with E-state index in [-0.39, 0.29) is 24.8 Å². The molecule has 0 aromatic heterocycles. The maximum atomic E-state index is 11.5. The van der Waals surface area contributed by atoms with E-state index in [4.69, 9.17) is 16.7 Å². The maximum Gasteiger partial charge on any atom is 0.224 e. The van der Waals surface area contributed by atoms with Crippen molar-refractivity contribution in [1.29, 1.82) is 0 Å². The highest BCUT2D eigenvalue weighted by atomic mass is 35.5. The monoisotopic (exact) mass is 284 g/mol. The van der Waals surface area contributed by atoms with E-state index in [0.29, 0.717) is 29.2 Å². The smallest absolute Gasteiger partial charge is 0.224 e. The van der Waals surface area contributed by atoms with Crippen LogP contribution in [0.3, 0.4) is 0 Å². The van der Waals surface area contributed by atoms with Gasteiger partial charge in [0.15, 0.2) is 0 Å². The molecule has 0 aliphatic rings. The molecule has 0 aliphatic heterocycles. The number of rotatable bonds is 6. The molecule has 1 rings (SSSR count). The van der Waals surface area contributed by atoms with Crippen molar-refractivity contribution in [2.45, 2.75) is 26.2 Å². The van der Waals surface area contributed by atoms with Gasteiger partial charge in [0.2, 0.25) is 11.8 Å². The zero-order valence-electron chi connectivity index (χ0n) is 10.7. The third kappa shape index (κ3) is 5.28. The lowest BCUT2D eigenvalue weighted by Crippen LogP contribution is -2.13. The van der Waals surface area contributed by atoms with Crippen molar-refractivity contribution in [3.8, 4) is 0 Å². The number of carbonyl (C=O) groups is 2. The number of nitrogens with one attached hydrogen (secondary N) is 2. The first-order chi connectivity index (χ1) is 9.06. The normalized spacial score (nSPS) is 10.1. The van der Waals surface area contributed by atoms with Crippen LogP contribution in [0.25, 0.3) is 0 Å². The summed E-state index contributed by atoms with van der Waals surface area (Å²) in [5.74, 6) is -0.338. The fraction of sp³-hybridized carbons (Fsp3) is 0.385. The summed E-state index contributed by atoms with van der Waals surface area (Å²) in [5, 5.41) is 14.4. The minimum atomic E-state index is -0.227. The topological polar surface area (TPSA) is 78.4 Å². The van der Waals surface area contributed by atoms with Gasteiger partial charge in [0.05, 0.1) is 10.7 Å². The van der Waals surface area contributed by atoms with Crippen LogP contribution in [-0.4, -0.2) is 23.5 Å². The van der Waals surface area contributed by atoms with E-state index >= 15 is 0 Å². The second-order valence-electron chi connectivity index (χ2n) is 3.97. The van der Waals surface area contributed by atoms with E-state index < -0.39 is 0 Å². The predicted molar refractivity (Wildman–Crippen MR) is 75.3 cm³/mol. The van der Waals surface area contributed by atoms with Crippen molar-refractivity contribution in [3.05, 3.63) is 23.2 Å². The van der Waals surface area contributed by atoms with Gasteiger partial charge in [0.1, 0.15) is 0 Å². The van der Waals surface area contributed by atoms with Crippen LogP contribution in [-0.2, 0) is 9.59 Å². The van der Waals surface area contributed by atoms with Gasteiger partial charge >= 0.3 is 0 Å². The quantitative estimate of drug-likeness (QED) is 0.750. The summed E-state index contributed by atoms with van der Waals surface area (Å²) in [4.78, 5) is 22.8. The summed E-state index contributed by atoms with van der Waals surface area (Å²) in [6, 6.07) is 4.88. The van der Waals surface area contributed by atoms with E-state index in [2.05, 4.69) is 10.6 Å². The van der Waals surface area contributed by atoms with E-state index in [1.54, 1.807) is 25.1 Å². The molecule has 104 valence electrons. The molecule has 0 saturated heterocycles. The van der Waals surface area contributed by atoms with E-state index in [1.807, 2.05) is 0 Å². The molecule has 19 heavy (non-hydrogen) atoms. The first kappa shape index (κ1) is 15.5. The maximum absolute atomic E-state index is 11.5. The molecule has 0 heterocycles. The Morgan fingerprint density at radius 1 is 1.26 bits per heavy atom. The molecule has 0 aliphatic carbocycles. The van der Waals surface area contributed by atoms with Gasteiger partial charge in [-0.15, -0.1) is 0 Å². The molecular weight excluding hydrogens is 268 g/mol. The highest BCUT2D eigenvalue weighted by Gasteiger charge is 2.07. The van der Waals surface area contributed by atoms with Crippen molar-refractivity contribution in [2.75, 3.05) is 17.2 Å². The number of anilines is 2. The lowest BCUT2D eigenvalue weighted by atomic mass is 10.2. The highest BCUT2D eigenvalue weighted by Crippen LogP contribution is 2.25. The Morgan fingerprint density at radius 2 is 2.00 bits per heavy atom. The minimum Gasteiger partial charge on any atom is -0.396 e. The Morgan fingerprint density at radius 3 is 2.63 bits per heavy atom. The van der Waals surface area contributed by atoms with Gasteiger partial charge in [-0.2, -0.15) is 0 Å². The number of carbonyl (C=O) groups excluding carboxylic acids is 2. The van der Waals surface area contributed by atoms with Gasteiger partial charge in [-0.25, -0.2) is 0 Å². The fourth-order valence-electron chi connectivity index (χ4n) is 1.40. The van der Waals surface area contributed by atoms with Crippen LogP contribution in [0.15, 0.2) is 18.2 Å². The molecule has 0 fully saturated rings. The molecule has 0 spiro atoms. The Balaban J connectivity index is 2.74. The van der Waals surface area contributed by atoms with E-state index in [1.165, 1.54) is 0 Å². The molecule has 0 radical (unpaired) electrons. The number of aliphatic hydroxyl groups is 1. The van der Waals surface area contributed by atoms with Crippen LogP contribution in [0.4, 0.5) is 11.4 Å². The summed E-state index contributed by atoms with van der Waals surface area (Å²) in [6.07, 6.45) is 0.995. The fourth-order valence-corrected chi connectivity index (χ4v) is 1.57. The lowest BCUT2D eigenvalue weighted by molar-refractivity contribution is -0.117. The molecule has 0 atom stereocenters. The molecule has 2 amide bonds. The first-order valence-corrected chi connectivity index (χ1v) is 6.44. The van der Waals surface area contributed by atoms with Crippen molar-refractivity contribution in [2.24, 2.45) is 0 Å². The Labute approximate surface area is 117 Å². The van der Waals surface area contributed by atoms with Gasteiger partial charge in [-0.05, 0) is 24.6 Å². The predicted octanol–water partition coefficient (Wildman–Crippen LogP) is 2.40. The average Bonchev–Trinajstić information content (AvgIpc) is 2.40. The molecule has 0 saturated carbocycles. The number of benzene rings is 1. The summed E-state index contributed by atoms with van der Waals surface area (Å²) in [7, 11) is 0. The minimum absolute atomic E-state index is 0.0340. The number of aliphatic hydroxyl groups excluding tert-OH is 1. The lowest BCUT2D eigenvalue weighted by Gasteiger charge is -2.10. The second kappa shape index (κ2) is 7.76. The molecule has 1 aromatic carbocycles.